The van der Waals surface area contributed by atoms with Crippen LogP contribution < -0.4 is 10.5 Å². The lowest BCUT2D eigenvalue weighted by molar-refractivity contribution is 0.303. The molecule has 0 aliphatic rings. The summed E-state index contributed by atoms with van der Waals surface area (Å²) in [4.78, 5) is 4.44. The van der Waals surface area contributed by atoms with Gasteiger partial charge in [0.2, 0.25) is 0 Å². The SMILES string of the molecule is CCCCCCCCOc1nc2ccc(N)cc2s1. The van der Waals surface area contributed by atoms with Crippen LogP contribution in [0.25, 0.3) is 10.2 Å². The molecule has 0 radical (unpaired) electrons. The number of benzene rings is 1. The molecule has 4 heteroatoms. The number of aromatic nitrogens is 1. The predicted octanol–water partition coefficient (Wildman–Crippen LogP) is 4.62. The summed E-state index contributed by atoms with van der Waals surface area (Å²) in [6.45, 7) is 3.00. The second-order valence-corrected chi connectivity index (χ2v) is 5.82. The Hall–Kier alpha value is -1.29. The maximum atomic E-state index is 5.75. The number of anilines is 1. The Morgan fingerprint density at radius 2 is 1.95 bits per heavy atom. The summed E-state index contributed by atoms with van der Waals surface area (Å²) >= 11 is 1.57. The third-order valence-electron chi connectivity index (χ3n) is 3.12. The minimum atomic E-state index is 0.758. The Labute approximate surface area is 118 Å². The smallest absolute Gasteiger partial charge is 0.274 e. The van der Waals surface area contributed by atoms with Crippen molar-refractivity contribution in [3.8, 4) is 5.19 Å². The van der Waals surface area contributed by atoms with Gasteiger partial charge in [0.25, 0.3) is 5.19 Å². The lowest BCUT2D eigenvalue weighted by atomic mass is 10.1. The Morgan fingerprint density at radius 1 is 1.16 bits per heavy atom. The Morgan fingerprint density at radius 3 is 2.79 bits per heavy atom. The highest BCUT2D eigenvalue weighted by molar-refractivity contribution is 7.20. The Bertz CT molecular complexity index is 510. The zero-order valence-corrected chi connectivity index (χ0v) is 12.3. The molecule has 1 aromatic carbocycles. The van der Waals surface area contributed by atoms with Gasteiger partial charge in [-0.25, -0.2) is 4.98 Å². The molecule has 1 heterocycles. The first-order valence-corrected chi connectivity index (χ1v) is 7.90. The van der Waals surface area contributed by atoms with Gasteiger partial charge in [-0.2, -0.15) is 0 Å². The van der Waals surface area contributed by atoms with E-state index >= 15 is 0 Å². The molecule has 0 unspecified atom stereocenters. The number of unbranched alkanes of at least 4 members (excludes halogenated alkanes) is 5. The van der Waals surface area contributed by atoms with Crippen molar-refractivity contribution in [1.82, 2.24) is 4.98 Å². The molecule has 0 aliphatic carbocycles. The highest BCUT2D eigenvalue weighted by Gasteiger charge is 2.04. The van der Waals surface area contributed by atoms with Crippen LogP contribution in [0, 0.1) is 0 Å². The molecule has 3 nitrogen and oxygen atoms in total. The van der Waals surface area contributed by atoms with Crippen molar-refractivity contribution in [1.29, 1.82) is 0 Å². The van der Waals surface area contributed by atoms with E-state index < -0.39 is 0 Å². The van der Waals surface area contributed by atoms with E-state index in [1.165, 1.54) is 32.1 Å². The summed E-state index contributed by atoms with van der Waals surface area (Å²) in [6.07, 6.45) is 7.66. The number of ether oxygens (including phenoxy) is 1. The standard InChI is InChI=1S/C15H22N2OS/c1-2-3-4-5-6-7-10-18-15-17-13-9-8-12(16)11-14(13)19-15/h8-9,11H,2-7,10,16H2,1H3. The Balaban J connectivity index is 1.72. The van der Waals surface area contributed by atoms with Crippen LogP contribution in [-0.4, -0.2) is 11.6 Å². The van der Waals surface area contributed by atoms with Crippen LogP contribution in [0.5, 0.6) is 5.19 Å². The Kier molecular flexibility index (Phi) is 5.45. The lowest BCUT2D eigenvalue weighted by Gasteiger charge is -2.01. The molecule has 0 fully saturated rings. The normalized spacial score (nSPS) is 11.0. The summed E-state index contributed by atoms with van der Waals surface area (Å²) in [7, 11) is 0. The van der Waals surface area contributed by atoms with Gasteiger partial charge in [0.1, 0.15) is 0 Å². The highest BCUT2D eigenvalue weighted by atomic mass is 32.1. The number of nitrogen functional groups attached to an aromatic ring is 1. The van der Waals surface area contributed by atoms with Gasteiger partial charge >= 0.3 is 0 Å². The van der Waals surface area contributed by atoms with Gasteiger partial charge < -0.3 is 10.5 Å². The summed E-state index contributed by atoms with van der Waals surface area (Å²) in [6, 6.07) is 5.77. The molecule has 0 saturated heterocycles. The molecule has 0 aliphatic heterocycles. The third kappa shape index (κ3) is 4.39. The predicted molar refractivity (Wildman–Crippen MR) is 82.9 cm³/mol. The van der Waals surface area contributed by atoms with Crippen LogP contribution in [0.2, 0.25) is 0 Å². The number of hydrogen-bond donors (Lipinski definition) is 1. The first kappa shape index (κ1) is 14.1. The number of fused-ring (bicyclic) bond motifs is 1. The average molecular weight is 278 g/mol. The second kappa shape index (κ2) is 7.34. The van der Waals surface area contributed by atoms with Crippen LogP contribution in [0.1, 0.15) is 45.4 Å². The maximum Gasteiger partial charge on any atom is 0.274 e. The molecular formula is C15H22N2OS. The quantitative estimate of drug-likeness (QED) is 0.566. The van der Waals surface area contributed by atoms with E-state index in [0.717, 1.165) is 34.1 Å². The number of nitrogens with zero attached hydrogens (tertiary/aromatic N) is 1. The fourth-order valence-corrected chi connectivity index (χ4v) is 2.91. The molecule has 2 N–H and O–H groups in total. The van der Waals surface area contributed by atoms with E-state index in [2.05, 4.69) is 11.9 Å². The minimum absolute atomic E-state index is 0.758. The monoisotopic (exact) mass is 278 g/mol. The van der Waals surface area contributed by atoms with Crippen molar-refractivity contribution >= 4 is 27.2 Å². The topological polar surface area (TPSA) is 48.1 Å². The van der Waals surface area contributed by atoms with Crippen molar-refractivity contribution in [2.24, 2.45) is 0 Å². The minimum Gasteiger partial charge on any atom is -0.470 e. The maximum absolute atomic E-state index is 5.75. The first-order valence-electron chi connectivity index (χ1n) is 7.08. The molecule has 1 aromatic heterocycles. The van der Waals surface area contributed by atoms with E-state index in [9.17, 15) is 0 Å². The van der Waals surface area contributed by atoms with Gasteiger partial charge in [-0.1, -0.05) is 50.4 Å². The van der Waals surface area contributed by atoms with Crippen molar-refractivity contribution in [3.05, 3.63) is 18.2 Å². The van der Waals surface area contributed by atoms with Gasteiger partial charge in [-0.15, -0.1) is 0 Å². The van der Waals surface area contributed by atoms with E-state index in [-0.39, 0.29) is 0 Å². The fourth-order valence-electron chi connectivity index (χ4n) is 2.02. The van der Waals surface area contributed by atoms with Crippen molar-refractivity contribution in [2.75, 3.05) is 12.3 Å². The van der Waals surface area contributed by atoms with Crippen molar-refractivity contribution < 1.29 is 4.74 Å². The van der Waals surface area contributed by atoms with Gasteiger partial charge in [0.15, 0.2) is 0 Å². The number of thiazole rings is 1. The van der Waals surface area contributed by atoms with Crippen molar-refractivity contribution in [2.45, 2.75) is 45.4 Å². The molecular weight excluding hydrogens is 256 g/mol. The molecule has 0 saturated carbocycles. The molecule has 2 rings (SSSR count). The molecule has 2 aromatic rings. The van der Waals surface area contributed by atoms with Crippen LogP contribution in [0.3, 0.4) is 0 Å². The molecule has 19 heavy (non-hydrogen) atoms. The van der Waals surface area contributed by atoms with Crippen LogP contribution in [0.4, 0.5) is 5.69 Å². The average Bonchev–Trinajstić information content (AvgIpc) is 2.79. The van der Waals surface area contributed by atoms with Gasteiger partial charge in [0, 0.05) is 5.69 Å². The van der Waals surface area contributed by atoms with Gasteiger partial charge in [-0.05, 0) is 24.6 Å². The first-order chi connectivity index (χ1) is 9.29. The fraction of sp³-hybridized carbons (Fsp3) is 0.533. The molecule has 104 valence electrons. The zero-order chi connectivity index (χ0) is 13.5. The van der Waals surface area contributed by atoms with E-state index in [0.29, 0.717) is 0 Å². The number of rotatable bonds is 8. The number of hydrogen-bond acceptors (Lipinski definition) is 4. The van der Waals surface area contributed by atoms with E-state index in [1.807, 2.05) is 18.2 Å². The largest absolute Gasteiger partial charge is 0.470 e. The van der Waals surface area contributed by atoms with Crippen LogP contribution >= 0.6 is 11.3 Å². The van der Waals surface area contributed by atoms with Crippen LogP contribution in [-0.2, 0) is 0 Å². The van der Waals surface area contributed by atoms with E-state index in [1.54, 1.807) is 11.3 Å². The summed E-state index contributed by atoms with van der Waals surface area (Å²) in [5.41, 5.74) is 7.50. The summed E-state index contributed by atoms with van der Waals surface area (Å²) in [5.74, 6) is 0. The van der Waals surface area contributed by atoms with Gasteiger partial charge in [-0.3, -0.25) is 0 Å². The third-order valence-corrected chi connectivity index (χ3v) is 4.05. The summed E-state index contributed by atoms with van der Waals surface area (Å²) in [5, 5.41) is 0.758. The second-order valence-electron chi connectivity index (χ2n) is 4.82. The highest BCUT2D eigenvalue weighted by Crippen LogP contribution is 2.29. The van der Waals surface area contributed by atoms with Gasteiger partial charge in [0.05, 0.1) is 16.8 Å². The molecule has 0 spiro atoms. The lowest BCUT2D eigenvalue weighted by Crippen LogP contribution is -1.96. The summed E-state index contributed by atoms with van der Waals surface area (Å²) < 4.78 is 6.80. The molecule has 0 atom stereocenters. The molecule has 0 amide bonds. The van der Waals surface area contributed by atoms with E-state index in [4.69, 9.17) is 10.5 Å². The molecule has 0 bridgehead atoms. The zero-order valence-electron chi connectivity index (χ0n) is 11.5. The number of nitrogens with two attached hydrogens (primary N) is 1. The van der Waals surface area contributed by atoms with Crippen LogP contribution in [0.15, 0.2) is 18.2 Å². The van der Waals surface area contributed by atoms with Crippen molar-refractivity contribution in [3.63, 3.8) is 0 Å².